The van der Waals surface area contributed by atoms with E-state index in [1.165, 1.54) is 16.8 Å². The van der Waals surface area contributed by atoms with Crippen LogP contribution in [0.3, 0.4) is 0 Å². The van der Waals surface area contributed by atoms with Crippen LogP contribution in [0.4, 0.5) is 11.5 Å². The zero-order chi connectivity index (χ0) is 26.1. The van der Waals surface area contributed by atoms with Crippen LogP contribution in [0.25, 0.3) is 27.6 Å². The summed E-state index contributed by atoms with van der Waals surface area (Å²) in [5.74, 6) is 0.348. The molecule has 3 aromatic heterocycles. The number of nitrogens with two attached hydrogens (primary N) is 1. The molecule has 0 unspecified atom stereocenters. The minimum absolute atomic E-state index is 0.125. The second kappa shape index (κ2) is 9.47. The van der Waals surface area contributed by atoms with Crippen molar-refractivity contribution in [3.05, 3.63) is 117 Å². The molecule has 0 spiro atoms. The molecule has 0 aliphatic heterocycles. The molecule has 5 aromatic rings. The van der Waals surface area contributed by atoms with Gasteiger partial charge in [0.05, 0.1) is 17.1 Å². The molecule has 0 amide bonds. The van der Waals surface area contributed by atoms with Gasteiger partial charge in [-0.1, -0.05) is 36.4 Å². The number of aromatic nitrogens is 3. The van der Waals surface area contributed by atoms with E-state index in [-0.39, 0.29) is 16.7 Å². The molecule has 0 saturated heterocycles. The fraction of sp³-hybridized carbons (Fsp3) is 0.103. The number of anilines is 2. The number of rotatable bonds is 5. The maximum Gasteiger partial charge on any atom is 0.263 e. The lowest BCUT2D eigenvalue weighted by atomic mass is 9.98. The number of nitrogens with one attached hydrogen (secondary N) is 1. The Morgan fingerprint density at radius 2 is 1.81 bits per heavy atom. The van der Waals surface area contributed by atoms with Crippen LogP contribution in [-0.2, 0) is 7.05 Å². The fourth-order valence-electron chi connectivity index (χ4n) is 4.52. The van der Waals surface area contributed by atoms with Crippen molar-refractivity contribution in [3.63, 3.8) is 0 Å². The predicted octanol–water partition coefficient (Wildman–Crippen LogP) is 4.38. The third-order valence-electron chi connectivity index (χ3n) is 6.38. The molecule has 0 aliphatic carbocycles. The minimum Gasteiger partial charge on any atom is -0.397 e. The number of para-hydroxylation sites is 1. The van der Waals surface area contributed by atoms with Crippen molar-refractivity contribution in [2.45, 2.75) is 13.0 Å². The number of pyridine rings is 3. The van der Waals surface area contributed by atoms with Crippen molar-refractivity contribution in [1.29, 1.82) is 5.26 Å². The van der Waals surface area contributed by atoms with Gasteiger partial charge in [0.15, 0.2) is 0 Å². The number of nitrogens with zero attached hydrogens (tertiary/aromatic N) is 4. The van der Waals surface area contributed by atoms with Gasteiger partial charge in [0.1, 0.15) is 17.5 Å². The highest BCUT2D eigenvalue weighted by atomic mass is 16.1. The Morgan fingerprint density at radius 1 is 1.03 bits per heavy atom. The SMILES string of the molecule is C[C@H](Nc1nccc(N)c1C#N)c1cc2cccc(-c3ccc(=O)n(C)c3)c2c(=O)n1-c1ccccc1. The van der Waals surface area contributed by atoms with E-state index in [0.717, 1.165) is 16.5 Å². The molecule has 8 nitrogen and oxygen atoms in total. The van der Waals surface area contributed by atoms with E-state index in [4.69, 9.17) is 5.73 Å². The molecular weight excluding hydrogens is 464 g/mol. The molecule has 182 valence electrons. The highest BCUT2D eigenvalue weighted by molar-refractivity contribution is 5.96. The second-order valence-corrected chi connectivity index (χ2v) is 8.78. The number of benzene rings is 2. The van der Waals surface area contributed by atoms with Gasteiger partial charge in [0.25, 0.3) is 5.56 Å². The number of fused-ring (bicyclic) bond motifs is 1. The van der Waals surface area contributed by atoms with Crippen molar-refractivity contribution in [2.24, 2.45) is 7.05 Å². The second-order valence-electron chi connectivity index (χ2n) is 8.78. The van der Waals surface area contributed by atoms with Crippen LogP contribution in [0.15, 0.2) is 94.8 Å². The van der Waals surface area contributed by atoms with E-state index in [2.05, 4.69) is 16.4 Å². The number of nitrogen functional groups attached to an aromatic ring is 1. The van der Waals surface area contributed by atoms with Gasteiger partial charge in [-0.3, -0.25) is 14.2 Å². The minimum atomic E-state index is -0.403. The highest BCUT2D eigenvalue weighted by Gasteiger charge is 2.20. The predicted molar refractivity (Wildman–Crippen MR) is 146 cm³/mol. The number of nitriles is 1. The Balaban J connectivity index is 1.76. The first kappa shape index (κ1) is 23.6. The Hall–Kier alpha value is -5.16. The summed E-state index contributed by atoms with van der Waals surface area (Å²) >= 11 is 0. The monoisotopic (exact) mass is 488 g/mol. The van der Waals surface area contributed by atoms with Crippen LogP contribution in [0.5, 0.6) is 0 Å². The summed E-state index contributed by atoms with van der Waals surface area (Å²) in [6.07, 6.45) is 3.27. The van der Waals surface area contributed by atoms with E-state index in [9.17, 15) is 14.9 Å². The third kappa shape index (κ3) is 4.23. The van der Waals surface area contributed by atoms with Crippen LogP contribution >= 0.6 is 0 Å². The highest BCUT2D eigenvalue weighted by Crippen LogP contribution is 2.30. The Morgan fingerprint density at radius 3 is 2.54 bits per heavy atom. The van der Waals surface area contributed by atoms with Crippen molar-refractivity contribution >= 4 is 22.3 Å². The van der Waals surface area contributed by atoms with Gasteiger partial charge in [-0.25, -0.2) is 4.98 Å². The standard InChI is InChI=1S/C29H24N6O2/c1-18(33-28-23(16-30)24(31)13-14-32-28)25-15-19-7-6-10-22(20-11-12-26(36)34(2)17-20)27(19)29(37)35(25)21-8-4-3-5-9-21/h3-15,17-18H,1-2H3,(H3,31,32,33)/t18-/m0/s1. The first-order valence-electron chi connectivity index (χ1n) is 11.7. The summed E-state index contributed by atoms with van der Waals surface area (Å²) in [6, 6.07) is 23.5. The van der Waals surface area contributed by atoms with Crippen LogP contribution in [0.2, 0.25) is 0 Å². The van der Waals surface area contributed by atoms with Crippen molar-refractivity contribution in [2.75, 3.05) is 11.1 Å². The molecule has 8 heteroatoms. The first-order chi connectivity index (χ1) is 17.9. The average Bonchev–Trinajstić information content (AvgIpc) is 2.90. The Labute approximate surface area is 212 Å². The zero-order valence-electron chi connectivity index (χ0n) is 20.3. The topological polar surface area (TPSA) is 119 Å². The van der Waals surface area contributed by atoms with Crippen molar-refractivity contribution < 1.29 is 0 Å². The quantitative estimate of drug-likeness (QED) is 0.379. The molecule has 0 aliphatic rings. The fourth-order valence-corrected chi connectivity index (χ4v) is 4.52. The molecule has 37 heavy (non-hydrogen) atoms. The lowest BCUT2D eigenvalue weighted by molar-refractivity contribution is 0.773. The van der Waals surface area contributed by atoms with Gasteiger partial charge in [0, 0.05) is 36.9 Å². The van der Waals surface area contributed by atoms with E-state index in [0.29, 0.717) is 28.3 Å². The third-order valence-corrected chi connectivity index (χ3v) is 6.38. The average molecular weight is 489 g/mol. The van der Waals surface area contributed by atoms with E-state index >= 15 is 0 Å². The maximum absolute atomic E-state index is 14.2. The molecule has 5 rings (SSSR count). The number of hydrogen-bond acceptors (Lipinski definition) is 6. The maximum atomic E-state index is 14.2. The normalized spacial score (nSPS) is 11.7. The van der Waals surface area contributed by atoms with E-state index in [1.807, 2.05) is 61.5 Å². The molecule has 3 heterocycles. The molecule has 0 fully saturated rings. The molecular formula is C29H24N6O2. The number of hydrogen-bond donors (Lipinski definition) is 2. The van der Waals surface area contributed by atoms with Crippen LogP contribution < -0.4 is 22.2 Å². The van der Waals surface area contributed by atoms with Gasteiger partial charge in [-0.15, -0.1) is 0 Å². The largest absolute Gasteiger partial charge is 0.397 e. The summed E-state index contributed by atoms with van der Waals surface area (Å²) in [7, 11) is 1.69. The smallest absolute Gasteiger partial charge is 0.263 e. The molecule has 3 N–H and O–H groups in total. The summed E-state index contributed by atoms with van der Waals surface area (Å²) in [4.78, 5) is 30.5. The van der Waals surface area contributed by atoms with Crippen molar-refractivity contribution in [1.82, 2.24) is 14.1 Å². The Bertz CT molecular complexity index is 1800. The van der Waals surface area contributed by atoms with Gasteiger partial charge < -0.3 is 15.6 Å². The molecule has 0 saturated carbocycles. The van der Waals surface area contributed by atoms with E-state index < -0.39 is 6.04 Å². The Kier molecular flexibility index (Phi) is 6.04. The van der Waals surface area contributed by atoms with Gasteiger partial charge >= 0.3 is 0 Å². The van der Waals surface area contributed by atoms with E-state index in [1.54, 1.807) is 29.9 Å². The molecule has 2 aromatic carbocycles. The lowest BCUT2D eigenvalue weighted by Gasteiger charge is -2.22. The van der Waals surface area contributed by atoms with Crippen LogP contribution in [-0.4, -0.2) is 14.1 Å². The zero-order valence-corrected chi connectivity index (χ0v) is 20.3. The molecule has 0 radical (unpaired) electrons. The van der Waals surface area contributed by atoms with Crippen molar-refractivity contribution in [3.8, 4) is 22.9 Å². The van der Waals surface area contributed by atoms with Crippen LogP contribution in [0, 0.1) is 11.3 Å². The summed E-state index contributed by atoms with van der Waals surface area (Å²) in [6.45, 7) is 1.91. The van der Waals surface area contributed by atoms with Gasteiger partial charge in [-0.05, 0) is 53.8 Å². The lowest BCUT2D eigenvalue weighted by Crippen LogP contribution is -2.26. The van der Waals surface area contributed by atoms with Gasteiger partial charge in [0.2, 0.25) is 5.56 Å². The first-order valence-corrected chi connectivity index (χ1v) is 11.7. The number of aryl methyl sites for hydroxylation is 1. The molecule has 1 atom stereocenters. The van der Waals surface area contributed by atoms with Gasteiger partial charge in [-0.2, -0.15) is 5.26 Å². The molecule has 0 bridgehead atoms. The summed E-state index contributed by atoms with van der Waals surface area (Å²) < 4.78 is 3.17. The van der Waals surface area contributed by atoms with Crippen LogP contribution in [0.1, 0.15) is 24.2 Å². The summed E-state index contributed by atoms with van der Waals surface area (Å²) in [5.41, 5.74) is 9.13. The summed E-state index contributed by atoms with van der Waals surface area (Å²) in [5, 5.41) is 14.2.